The van der Waals surface area contributed by atoms with Gasteiger partial charge >= 0.3 is 5.97 Å². The number of unbranched alkanes of at least 4 members (excludes halogenated alkanes) is 4. The molecule has 0 aromatic heterocycles. The highest BCUT2D eigenvalue weighted by Crippen LogP contribution is 2.10. The van der Waals surface area contributed by atoms with Gasteiger partial charge in [-0.15, -0.1) is 0 Å². The molecule has 14 heavy (non-hydrogen) atoms. The van der Waals surface area contributed by atoms with E-state index in [0.29, 0.717) is 13.0 Å². The maximum Gasteiger partial charge on any atom is 0.305 e. The monoisotopic (exact) mass is 330 g/mol. The van der Waals surface area contributed by atoms with Gasteiger partial charge in [-0.25, -0.2) is 0 Å². The quantitative estimate of drug-likeness (QED) is 0.363. The third-order valence-corrected chi connectivity index (χ3v) is 3.55. The van der Waals surface area contributed by atoms with Gasteiger partial charge in [-0.05, 0) is 27.6 Å². The molecule has 0 unspecified atom stereocenters. The average Bonchev–Trinajstić information content (AvgIpc) is 2.18. The minimum absolute atomic E-state index is 0.0352. The first-order valence-corrected chi connectivity index (χ1v) is 8.73. The molecule has 0 aliphatic heterocycles. The summed E-state index contributed by atoms with van der Waals surface area (Å²) in [6.07, 6.45) is 6.50. The Bertz CT molecular complexity index is 142. The smallest absolute Gasteiger partial charge is 0.305 e. The fraction of sp³-hybridized carbons (Fsp3) is 0.900. The molecule has 0 saturated carbocycles. The van der Waals surface area contributed by atoms with Crippen molar-refractivity contribution in [3.05, 3.63) is 0 Å². The van der Waals surface area contributed by atoms with Crippen LogP contribution in [0.15, 0.2) is 0 Å². The fourth-order valence-corrected chi connectivity index (χ4v) is 1.82. The van der Waals surface area contributed by atoms with Crippen molar-refractivity contribution in [3.8, 4) is 0 Å². The molecule has 0 saturated heterocycles. The minimum atomic E-state index is -0.0352. The van der Waals surface area contributed by atoms with Gasteiger partial charge in [0, 0.05) is 12.2 Å². The highest BCUT2D eigenvalue weighted by Gasteiger charge is 2.01. The van der Waals surface area contributed by atoms with E-state index in [2.05, 4.69) is 28.1 Å². The van der Waals surface area contributed by atoms with E-state index in [-0.39, 0.29) is 5.97 Å². The van der Waals surface area contributed by atoms with E-state index in [4.69, 9.17) is 4.74 Å². The third-order valence-electron chi connectivity index (χ3n) is 1.91. The Labute approximate surface area is 103 Å². The van der Waals surface area contributed by atoms with Crippen molar-refractivity contribution in [1.82, 2.24) is 0 Å². The summed E-state index contributed by atoms with van der Waals surface area (Å²) in [5.74, 6) is 0.856. The van der Waals surface area contributed by atoms with Crippen LogP contribution in [0.1, 0.15) is 45.4 Å². The van der Waals surface area contributed by atoms with E-state index in [1.807, 2.05) is 0 Å². The lowest BCUT2D eigenvalue weighted by molar-refractivity contribution is -0.143. The average molecular weight is 330 g/mol. The van der Waals surface area contributed by atoms with E-state index in [1.165, 1.54) is 19.3 Å². The summed E-state index contributed by atoms with van der Waals surface area (Å²) in [6, 6.07) is 0. The standard InChI is InChI=1S/C10H19IO2S/c1-2-3-4-5-6-7-10(12)13-8-9-14-11/h2-9H2,1H3. The predicted molar refractivity (Wildman–Crippen MR) is 70.8 cm³/mol. The number of rotatable bonds is 9. The molecular formula is C10H19IO2S. The summed E-state index contributed by atoms with van der Waals surface area (Å²) in [5, 5.41) is 0. The summed E-state index contributed by atoms with van der Waals surface area (Å²) in [4.78, 5) is 11.1. The second kappa shape index (κ2) is 11.6. The summed E-state index contributed by atoms with van der Waals surface area (Å²) < 4.78 is 5.02. The fourth-order valence-electron chi connectivity index (χ4n) is 1.13. The molecule has 0 heterocycles. The van der Waals surface area contributed by atoms with Gasteiger partial charge in [0.05, 0.1) is 0 Å². The van der Waals surface area contributed by atoms with Gasteiger partial charge in [0.25, 0.3) is 0 Å². The molecule has 4 heteroatoms. The van der Waals surface area contributed by atoms with Crippen molar-refractivity contribution in [1.29, 1.82) is 0 Å². The number of carbonyl (C=O) groups excluding carboxylic acids is 1. The molecule has 2 nitrogen and oxygen atoms in total. The first-order valence-electron chi connectivity index (χ1n) is 5.20. The number of ether oxygens (including phenoxy) is 1. The van der Waals surface area contributed by atoms with Crippen LogP contribution in [0.3, 0.4) is 0 Å². The van der Waals surface area contributed by atoms with Crippen LogP contribution in [0.5, 0.6) is 0 Å². The topological polar surface area (TPSA) is 26.3 Å². The van der Waals surface area contributed by atoms with Gasteiger partial charge in [0.2, 0.25) is 0 Å². The van der Waals surface area contributed by atoms with E-state index < -0.39 is 0 Å². The van der Waals surface area contributed by atoms with Crippen molar-refractivity contribution in [2.24, 2.45) is 0 Å². The zero-order valence-corrected chi connectivity index (χ0v) is 11.7. The molecule has 0 radical (unpaired) electrons. The summed E-state index contributed by atoms with van der Waals surface area (Å²) >= 11 is 2.20. The Morgan fingerprint density at radius 1 is 1.29 bits per heavy atom. The van der Waals surface area contributed by atoms with E-state index in [0.717, 1.165) is 18.6 Å². The van der Waals surface area contributed by atoms with Crippen molar-refractivity contribution in [2.45, 2.75) is 45.4 Å². The Kier molecular flexibility index (Phi) is 12.1. The first-order chi connectivity index (χ1) is 6.81. The molecule has 0 spiro atoms. The van der Waals surface area contributed by atoms with Crippen LogP contribution >= 0.6 is 30.1 Å². The molecule has 0 aromatic rings. The van der Waals surface area contributed by atoms with Crippen LogP contribution < -0.4 is 0 Å². The lowest BCUT2D eigenvalue weighted by atomic mass is 10.1. The number of hydrogen-bond acceptors (Lipinski definition) is 3. The highest BCUT2D eigenvalue weighted by atomic mass is 127. The molecule has 0 fully saturated rings. The second-order valence-corrected chi connectivity index (χ2v) is 5.69. The van der Waals surface area contributed by atoms with Crippen LogP contribution in [0.4, 0.5) is 0 Å². The van der Waals surface area contributed by atoms with Crippen LogP contribution in [0, 0.1) is 0 Å². The van der Waals surface area contributed by atoms with Crippen molar-refractivity contribution in [3.63, 3.8) is 0 Å². The Hall–Kier alpha value is 0.550. The van der Waals surface area contributed by atoms with Crippen molar-refractivity contribution >= 4 is 36.1 Å². The number of halogens is 1. The predicted octanol–water partition coefficient (Wildman–Crippen LogP) is 3.97. The molecule has 0 aliphatic carbocycles. The molecule has 0 aliphatic rings. The molecule has 0 N–H and O–H groups in total. The zero-order valence-electron chi connectivity index (χ0n) is 8.76. The Morgan fingerprint density at radius 2 is 2.00 bits per heavy atom. The Morgan fingerprint density at radius 3 is 2.64 bits per heavy atom. The molecule has 0 aromatic carbocycles. The molecular weight excluding hydrogens is 311 g/mol. The van der Waals surface area contributed by atoms with Crippen LogP contribution in [-0.2, 0) is 9.53 Å². The van der Waals surface area contributed by atoms with Gasteiger partial charge in [-0.3, -0.25) is 4.79 Å². The number of carbonyl (C=O) groups is 1. The van der Waals surface area contributed by atoms with Crippen molar-refractivity contribution < 1.29 is 9.53 Å². The van der Waals surface area contributed by atoms with Gasteiger partial charge in [0.1, 0.15) is 6.61 Å². The molecule has 0 bridgehead atoms. The summed E-state index contributed by atoms with van der Waals surface area (Å²) in [6.45, 7) is 2.75. The maximum atomic E-state index is 11.1. The van der Waals surface area contributed by atoms with Crippen LogP contribution in [0.25, 0.3) is 0 Å². The summed E-state index contributed by atoms with van der Waals surface area (Å²) in [5.41, 5.74) is 0. The molecule has 0 rings (SSSR count). The summed E-state index contributed by atoms with van der Waals surface area (Å²) in [7, 11) is 1.67. The first kappa shape index (κ1) is 14.6. The molecule has 0 atom stereocenters. The maximum absolute atomic E-state index is 11.1. The molecule has 84 valence electrons. The highest BCUT2D eigenvalue weighted by molar-refractivity contribution is 14.2. The number of hydrogen-bond donors (Lipinski definition) is 0. The minimum Gasteiger partial charge on any atom is -0.465 e. The Balaban J connectivity index is 3.10. The largest absolute Gasteiger partial charge is 0.465 e. The van der Waals surface area contributed by atoms with Gasteiger partial charge < -0.3 is 4.74 Å². The van der Waals surface area contributed by atoms with Crippen molar-refractivity contribution in [2.75, 3.05) is 12.4 Å². The normalized spacial score (nSPS) is 10.1. The second-order valence-electron chi connectivity index (χ2n) is 3.20. The number of esters is 1. The third kappa shape index (κ3) is 10.6. The SMILES string of the molecule is CCCCCCCC(=O)OCCSI. The lowest BCUT2D eigenvalue weighted by Crippen LogP contribution is -2.06. The lowest BCUT2D eigenvalue weighted by Gasteiger charge is -2.02. The van der Waals surface area contributed by atoms with Gasteiger partial charge in [-0.2, -0.15) is 0 Å². The van der Waals surface area contributed by atoms with E-state index in [1.54, 1.807) is 8.93 Å². The van der Waals surface area contributed by atoms with E-state index >= 15 is 0 Å². The van der Waals surface area contributed by atoms with Gasteiger partial charge in [0.15, 0.2) is 0 Å². The van der Waals surface area contributed by atoms with Gasteiger partial charge in [-0.1, -0.05) is 41.5 Å². The molecule has 0 amide bonds. The van der Waals surface area contributed by atoms with Crippen LogP contribution in [-0.4, -0.2) is 18.3 Å². The zero-order chi connectivity index (χ0) is 10.6. The van der Waals surface area contributed by atoms with E-state index in [9.17, 15) is 4.79 Å². The van der Waals surface area contributed by atoms with Crippen LogP contribution in [0.2, 0.25) is 0 Å².